The zero-order valence-electron chi connectivity index (χ0n) is 14.4. The molecule has 0 N–H and O–H groups in total. The van der Waals surface area contributed by atoms with Crippen LogP contribution in [-0.4, -0.2) is 52.1 Å². The maximum Gasteiger partial charge on any atom is 0.272 e. The number of hydrogen-bond acceptors (Lipinski definition) is 5. The highest BCUT2D eigenvalue weighted by Gasteiger charge is 2.24. The largest absolute Gasteiger partial charge is 0.379 e. The number of fused-ring (bicyclic) bond motifs is 1. The monoisotopic (exact) mass is 348 g/mol. The first-order chi connectivity index (χ1) is 12.8. The van der Waals surface area contributed by atoms with E-state index in [4.69, 9.17) is 4.74 Å². The maximum atomic E-state index is 12.7. The first-order valence-electron chi connectivity index (χ1n) is 8.76. The summed E-state index contributed by atoms with van der Waals surface area (Å²) in [5.41, 5.74) is 2.65. The van der Waals surface area contributed by atoms with Crippen LogP contribution in [0.15, 0.2) is 55.1 Å². The van der Waals surface area contributed by atoms with Crippen LogP contribution < -0.4 is 0 Å². The third-order valence-corrected chi connectivity index (χ3v) is 4.62. The first-order valence-corrected chi connectivity index (χ1v) is 8.76. The Morgan fingerprint density at radius 2 is 2.15 bits per heavy atom. The van der Waals surface area contributed by atoms with Crippen LogP contribution in [0.2, 0.25) is 0 Å². The zero-order chi connectivity index (χ0) is 17.8. The fourth-order valence-corrected chi connectivity index (χ4v) is 3.35. The van der Waals surface area contributed by atoms with Crippen molar-refractivity contribution < 1.29 is 9.53 Å². The van der Waals surface area contributed by atoms with E-state index < -0.39 is 0 Å². The Morgan fingerprint density at radius 1 is 1.19 bits per heavy atom. The predicted octanol–water partition coefficient (Wildman–Crippen LogP) is 2.36. The average molecular weight is 348 g/mol. The van der Waals surface area contributed by atoms with Crippen LogP contribution >= 0.6 is 0 Å². The number of hydrogen-bond donors (Lipinski definition) is 0. The molecule has 6 nitrogen and oxygen atoms in total. The topological polar surface area (TPSA) is 68.2 Å². The van der Waals surface area contributed by atoms with E-state index in [1.165, 1.54) is 11.9 Å². The van der Waals surface area contributed by atoms with Crippen molar-refractivity contribution >= 4 is 16.8 Å². The summed E-state index contributed by atoms with van der Waals surface area (Å²) >= 11 is 0. The Morgan fingerprint density at radius 3 is 3.04 bits per heavy atom. The van der Waals surface area contributed by atoms with Gasteiger partial charge in [-0.05, 0) is 36.2 Å². The normalized spacial score (nSPS) is 17.8. The van der Waals surface area contributed by atoms with Gasteiger partial charge in [-0.1, -0.05) is 12.1 Å². The highest BCUT2D eigenvalue weighted by molar-refractivity contribution is 5.92. The van der Waals surface area contributed by atoms with Crippen molar-refractivity contribution in [2.75, 3.05) is 26.3 Å². The number of pyridine rings is 1. The molecule has 26 heavy (non-hydrogen) atoms. The van der Waals surface area contributed by atoms with Gasteiger partial charge in [-0.2, -0.15) is 0 Å². The second-order valence-corrected chi connectivity index (χ2v) is 6.52. The minimum Gasteiger partial charge on any atom is -0.379 e. The summed E-state index contributed by atoms with van der Waals surface area (Å²) in [6.07, 6.45) is 5.66. The number of amides is 1. The summed E-state index contributed by atoms with van der Waals surface area (Å²) in [7, 11) is 0. The third kappa shape index (κ3) is 3.70. The fraction of sp³-hybridized carbons (Fsp3) is 0.300. The minimum atomic E-state index is -0.0642. The lowest BCUT2D eigenvalue weighted by molar-refractivity contribution is 0.0731. The van der Waals surface area contributed by atoms with E-state index in [1.807, 2.05) is 17.0 Å². The molecule has 0 radical (unpaired) electrons. The van der Waals surface area contributed by atoms with E-state index >= 15 is 0 Å². The van der Waals surface area contributed by atoms with Gasteiger partial charge in [0.15, 0.2) is 0 Å². The van der Waals surface area contributed by atoms with E-state index in [-0.39, 0.29) is 11.8 Å². The molecular formula is C20H20N4O2. The quantitative estimate of drug-likeness (QED) is 0.727. The van der Waals surface area contributed by atoms with Crippen molar-refractivity contribution in [2.24, 2.45) is 5.92 Å². The van der Waals surface area contributed by atoms with Crippen LogP contribution in [0.3, 0.4) is 0 Å². The van der Waals surface area contributed by atoms with Crippen molar-refractivity contribution in [2.45, 2.75) is 6.42 Å². The Balaban J connectivity index is 1.49. The minimum absolute atomic E-state index is 0.0642. The molecule has 1 aliphatic rings. The van der Waals surface area contributed by atoms with Gasteiger partial charge < -0.3 is 9.64 Å². The highest BCUT2D eigenvalue weighted by atomic mass is 16.5. The number of ether oxygens (including phenoxy) is 1. The third-order valence-electron chi connectivity index (χ3n) is 4.62. The molecule has 4 rings (SSSR count). The molecule has 1 amide bonds. The highest BCUT2D eigenvalue weighted by Crippen LogP contribution is 2.19. The summed E-state index contributed by atoms with van der Waals surface area (Å²) in [5, 5.41) is 1.13. The van der Waals surface area contributed by atoms with Gasteiger partial charge in [0, 0.05) is 36.8 Å². The van der Waals surface area contributed by atoms with Crippen LogP contribution in [0.1, 0.15) is 16.1 Å². The fourth-order valence-electron chi connectivity index (χ4n) is 3.35. The van der Waals surface area contributed by atoms with E-state index in [0.717, 1.165) is 17.3 Å². The molecule has 0 spiro atoms. The lowest BCUT2D eigenvalue weighted by atomic mass is 9.98. The Hall–Kier alpha value is -2.86. The van der Waals surface area contributed by atoms with Crippen molar-refractivity contribution in [1.82, 2.24) is 19.9 Å². The molecule has 0 bridgehead atoms. The van der Waals surface area contributed by atoms with Gasteiger partial charge in [0.2, 0.25) is 0 Å². The molecule has 1 aromatic carbocycles. The average Bonchev–Trinajstić information content (AvgIpc) is 2.93. The number of carbonyl (C=O) groups excluding carboxylic acids is 1. The van der Waals surface area contributed by atoms with Gasteiger partial charge >= 0.3 is 0 Å². The zero-order valence-corrected chi connectivity index (χ0v) is 14.4. The predicted molar refractivity (Wildman–Crippen MR) is 97.7 cm³/mol. The smallest absolute Gasteiger partial charge is 0.272 e. The van der Waals surface area contributed by atoms with E-state index in [2.05, 4.69) is 33.2 Å². The molecule has 3 heterocycles. The van der Waals surface area contributed by atoms with Gasteiger partial charge in [0.05, 0.1) is 18.7 Å². The molecule has 1 atom stereocenters. The Kier molecular flexibility index (Phi) is 4.84. The summed E-state index contributed by atoms with van der Waals surface area (Å²) < 4.78 is 5.74. The molecule has 1 unspecified atom stereocenters. The van der Waals surface area contributed by atoms with Crippen LogP contribution in [0, 0.1) is 5.92 Å². The number of rotatable bonds is 3. The number of nitrogens with zero attached hydrogens (tertiary/aromatic N) is 4. The van der Waals surface area contributed by atoms with Gasteiger partial charge in [-0.15, -0.1) is 0 Å². The molecule has 1 saturated heterocycles. The maximum absolute atomic E-state index is 12.7. The lowest BCUT2D eigenvalue weighted by Gasteiger charge is -2.23. The van der Waals surface area contributed by atoms with E-state index in [9.17, 15) is 4.79 Å². The standard InChI is InChI=1S/C20H20N4O2/c25-20(19-5-7-21-14-23-19)24-8-9-26-13-16(12-24)10-15-3-4-18-17(11-15)2-1-6-22-18/h1-7,11,14,16H,8-10,12-13H2. The van der Waals surface area contributed by atoms with Crippen LogP contribution in [0.5, 0.6) is 0 Å². The van der Waals surface area contributed by atoms with Gasteiger partial charge in [-0.3, -0.25) is 9.78 Å². The lowest BCUT2D eigenvalue weighted by Crippen LogP contribution is -2.36. The van der Waals surface area contributed by atoms with E-state index in [0.29, 0.717) is 32.0 Å². The van der Waals surface area contributed by atoms with Crippen molar-refractivity contribution in [1.29, 1.82) is 0 Å². The molecule has 1 aliphatic heterocycles. The molecule has 2 aromatic heterocycles. The summed E-state index contributed by atoms with van der Waals surface area (Å²) in [6.45, 7) is 2.45. The van der Waals surface area contributed by atoms with Gasteiger partial charge in [0.1, 0.15) is 12.0 Å². The molecule has 0 saturated carbocycles. The molecule has 3 aromatic rings. The van der Waals surface area contributed by atoms with E-state index in [1.54, 1.807) is 18.5 Å². The number of carbonyl (C=O) groups is 1. The molecule has 6 heteroatoms. The van der Waals surface area contributed by atoms with Gasteiger partial charge in [0.25, 0.3) is 5.91 Å². The Labute approximate surface area is 151 Å². The van der Waals surface area contributed by atoms with Crippen molar-refractivity contribution in [3.05, 3.63) is 66.4 Å². The summed E-state index contributed by atoms with van der Waals surface area (Å²) in [4.78, 5) is 26.8. The molecule has 0 aliphatic carbocycles. The van der Waals surface area contributed by atoms with Gasteiger partial charge in [-0.25, -0.2) is 9.97 Å². The SMILES string of the molecule is O=C(c1ccncn1)N1CCOCC(Cc2ccc3ncccc3c2)C1. The summed E-state index contributed by atoms with van der Waals surface area (Å²) in [5.74, 6) is 0.183. The Bertz CT molecular complexity index is 900. The number of benzene rings is 1. The molecule has 132 valence electrons. The van der Waals surface area contributed by atoms with Crippen LogP contribution in [0.25, 0.3) is 10.9 Å². The van der Waals surface area contributed by atoms with Crippen molar-refractivity contribution in [3.8, 4) is 0 Å². The second kappa shape index (κ2) is 7.58. The first kappa shape index (κ1) is 16.6. The number of aromatic nitrogens is 3. The van der Waals surface area contributed by atoms with Crippen LogP contribution in [-0.2, 0) is 11.2 Å². The molecular weight excluding hydrogens is 328 g/mol. The second-order valence-electron chi connectivity index (χ2n) is 6.52. The van der Waals surface area contributed by atoms with Crippen molar-refractivity contribution in [3.63, 3.8) is 0 Å². The summed E-state index contributed by atoms with van der Waals surface area (Å²) in [6, 6.07) is 12.0. The molecule has 1 fully saturated rings. The van der Waals surface area contributed by atoms with Crippen LogP contribution in [0.4, 0.5) is 0 Å².